The Balaban J connectivity index is 1.89. The molecule has 0 amide bonds. The number of aliphatic hydroxyl groups is 1. The highest BCUT2D eigenvalue weighted by Crippen LogP contribution is 2.25. The zero-order valence-electron chi connectivity index (χ0n) is 11.9. The van der Waals surface area contributed by atoms with Crippen LogP contribution in [0.4, 0.5) is 5.69 Å². The minimum Gasteiger partial charge on any atom is -0.396 e. The van der Waals surface area contributed by atoms with Crippen molar-refractivity contribution in [1.29, 1.82) is 0 Å². The summed E-state index contributed by atoms with van der Waals surface area (Å²) in [5, 5.41) is 16.1. The van der Waals surface area contributed by atoms with Gasteiger partial charge in [-0.1, -0.05) is 31.5 Å². The van der Waals surface area contributed by atoms with Gasteiger partial charge in [0.25, 0.3) is 0 Å². The number of benzene rings is 1. The van der Waals surface area contributed by atoms with Gasteiger partial charge in [-0.05, 0) is 42.9 Å². The Morgan fingerprint density at radius 3 is 3.11 bits per heavy atom. The van der Waals surface area contributed by atoms with Gasteiger partial charge in [-0.3, -0.25) is 0 Å². The molecule has 2 rings (SSSR count). The zero-order chi connectivity index (χ0) is 13.5. The molecular formula is C16H26N2O. The lowest BCUT2D eigenvalue weighted by atomic mass is 9.99. The highest BCUT2D eigenvalue weighted by molar-refractivity contribution is 5.59. The summed E-state index contributed by atoms with van der Waals surface area (Å²) >= 11 is 0. The number of fused-ring (bicyclic) bond motifs is 1. The second-order valence-corrected chi connectivity index (χ2v) is 5.40. The van der Waals surface area contributed by atoms with E-state index in [2.05, 4.69) is 35.8 Å². The van der Waals surface area contributed by atoms with Crippen LogP contribution < -0.4 is 10.6 Å². The molecule has 1 aliphatic rings. The molecule has 0 saturated carbocycles. The van der Waals surface area contributed by atoms with E-state index in [1.54, 1.807) is 0 Å². The third kappa shape index (κ3) is 3.95. The van der Waals surface area contributed by atoms with Crippen LogP contribution in [0.2, 0.25) is 0 Å². The molecule has 1 unspecified atom stereocenters. The van der Waals surface area contributed by atoms with Crippen LogP contribution in [0.25, 0.3) is 0 Å². The van der Waals surface area contributed by atoms with Crippen molar-refractivity contribution in [3.05, 3.63) is 29.3 Å². The lowest BCUT2D eigenvalue weighted by molar-refractivity contribution is 0.251. The van der Waals surface area contributed by atoms with Crippen LogP contribution in [0.1, 0.15) is 37.3 Å². The van der Waals surface area contributed by atoms with Crippen LogP contribution in [0.5, 0.6) is 0 Å². The second-order valence-electron chi connectivity index (χ2n) is 5.40. The number of anilines is 1. The van der Waals surface area contributed by atoms with E-state index in [-0.39, 0.29) is 0 Å². The molecule has 3 N–H and O–H groups in total. The third-order valence-corrected chi connectivity index (χ3v) is 4.02. The van der Waals surface area contributed by atoms with Gasteiger partial charge in [-0.2, -0.15) is 0 Å². The number of hydrogen-bond acceptors (Lipinski definition) is 3. The average molecular weight is 262 g/mol. The van der Waals surface area contributed by atoms with Crippen molar-refractivity contribution in [2.45, 2.75) is 39.2 Å². The Morgan fingerprint density at radius 2 is 2.32 bits per heavy atom. The second kappa shape index (κ2) is 7.51. The lowest BCUT2D eigenvalue weighted by Gasteiger charge is -2.22. The molecule has 3 heteroatoms. The van der Waals surface area contributed by atoms with Gasteiger partial charge >= 0.3 is 0 Å². The van der Waals surface area contributed by atoms with E-state index in [0.29, 0.717) is 12.5 Å². The molecule has 106 valence electrons. The molecule has 1 aromatic rings. The fraction of sp³-hybridized carbons (Fsp3) is 0.625. The van der Waals surface area contributed by atoms with Gasteiger partial charge in [0, 0.05) is 25.4 Å². The first-order valence-corrected chi connectivity index (χ1v) is 7.51. The molecule has 1 atom stereocenters. The van der Waals surface area contributed by atoms with Crippen LogP contribution >= 0.6 is 0 Å². The topological polar surface area (TPSA) is 44.3 Å². The first-order valence-electron chi connectivity index (χ1n) is 7.51. The van der Waals surface area contributed by atoms with Gasteiger partial charge < -0.3 is 15.7 Å². The minimum absolute atomic E-state index is 0.294. The van der Waals surface area contributed by atoms with E-state index in [1.165, 1.54) is 29.7 Å². The van der Waals surface area contributed by atoms with Gasteiger partial charge in [-0.15, -0.1) is 0 Å². The quantitative estimate of drug-likeness (QED) is 0.707. The maximum atomic E-state index is 9.00. The van der Waals surface area contributed by atoms with Gasteiger partial charge in [0.1, 0.15) is 0 Å². The van der Waals surface area contributed by atoms with Crippen LogP contribution in [-0.4, -0.2) is 24.8 Å². The molecule has 0 saturated heterocycles. The third-order valence-electron chi connectivity index (χ3n) is 4.02. The number of para-hydroxylation sites is 1. The Hall–Kier alpha value is -1.06. The van der Waals surface area contributed by atoms with Crippen molar-refractivity contribution >= 4 is 5.69 Å². The van der Waals surface area contributed by atoms with Crippen molar-refractivity contribution in [3.63, 3.8) is 0 Å². The largest absolute Gasteiger partial charge is 0.396 e. The fourth-order valence-electron chi connectivity index (χ4n) is 2.77. The lowest BCUT2D eigenvalue weighted by Crippen LogP contribution is -2.24. The molecule has 3 nitrogen and oxygen atoms in total. The number of aliphatic hydroxyl groups excluding tert-OH is 1. The molecule has 1 heterocycles. The van der Waals surface area contributed by atoms with Gasteiger partial charge in [0.2, 0.25) is 0 Å². The molecule has 0 bridgehead atoms. The van der Waals surface area contributed by atoms with E-state index in [1.807, 2.05) is 0 Å². The summed E-state index contributed by atoms with van der Waals surface area (Å²) in [6.45, 7) is 5.47. The molecule has 0 radical (unpaired) electrons. The first kappa shape index (κ1) is 14.4. The monoisotopic (exact) mass is 262 g/mol. The number of aryl methyl sites for hydroxylation is 1. The van der Waals surface area contributed by atoms with E-state index < -0.39 is 0 Å². The number of rotatable bonds is 7. The molecule has 0 aromatic heterocycles. The maximum Gasteiger partial charge on any atom is 0.0434 e. The van der Waals surface area contributed by atoms with Gasteiger partial charge in [0.05, 0.1) is 0 Å². The van der Waals surface area contributed by atoms with Crippen molar-refractivity contribution in [3.8, 4) is 0 Å². The predicted octanol–water partition coefficient (Wildman–Crippen LogP) is 2.54. The highest BCUT2D eigenvalue weighted by atomic mass is 16.3. The predicted molar refractivity (Wildman–Crippen MR) is 80.4 cm³/mol. The van der Waals surface area contributed by atoms with Gasteiger partial charge in [0.15, 0.2) is 0 Å². The summed E-state index contributed by atoms with van der Waals surface area (Å²) < 4.78 is 0. The van der Waals surface area contributed by atoms with Crippen molar-refractivity contribution < 1.29 is 5.11 Å². The Bertz CT molecular complexity index is 392. The number of nitrogens with one attached hydrogen (secondary N) is 2. The number of hydrogen-bond donors (Lipinski definition) is 3. The summed E-state index contributed by atoms with van der Waals surface area (Å²) in [6, 6.07) is 6.59. The van der Waals surface area contributed by atoms with E-state index >= 15 is 0 Å². The Labute approximate surface area is 116 Å². The minimum atomic E-state index is 0.294. The zero-order valence-corrected chi connectivity index (χ0v) is 11.9. The van der Waals surface area contributed by atoms with Crippen LogP contribution in [-0.2, 0) is 13.0 Å². The van der Waals surface area contributed by atoms with E-state index in [0.717, 1.165) is 32.5 Å². The smallest absolute Gasteiger partial charge is 0.0434 e. The van der Waals surface area contributed by atoms with Crippen molar-refractivity contribution in [2.24, 2.45) is 5.92 Å². The SMILES string of the molecule is CCC(CCO)CNCc1cccc2c1NCCC2. The normalized spacial score (nSPS) is 15.7. The summed E-state index contributed by atoms with van der Waals surface area (Å²) in [5.74, 6) is 0.581. The molecule has 0 spiro atoms. The Morgan fingerprint density at radius 1 is 1.42 bits per heavy atom. The van der Waals surface area contributed by atoms with E-state index in [4.69, 9.17) is 5.11 Å². The standard InChI is InChI=1S/C16H26N2O/c1-2-13(8-10-19)11-17-12-15-6-3-5-14-7-4-9-18-16(14)15/h3,5-6,13,17-19H,2,4,7-12H2,1H3. The van der Waals surface area contributed by atoms with Crippen molar-refractivity contribution in [1.82, 2.24) is 5.32 Å². The highest BCUT2D eigenvalue weighted by Gasteiger charge is 2.12. The summed E-state index contributed by atoms with van der Waals surface area (Å²) in [6.07, 6.45) is 4.45. The fourth-order valence-corrected chi connectivity index (χ4v) is 2.77. The summed E-state index contributed by atoms with van der Waals surface area (Å²) in [7, 11) is 0. The molecule has 1 aliphatic heterocycles. The Kier molecular flexibility index (Phi) is 5.67. The first-order chi connectivity index (χ1) is 9.35. The van der Waals surface area contributed by atoms with E-state index in [9.17, 15) is 0 Å². The summed E-state index contributed by atoms with van der Waals surface area (Å²) in [4.78, 5) is 0. The molecule has 0 fully saturated rings. The maximum absolute atomic E-state index is 9.00. The molecular weight excluding hydrogens is 236 g/mol. The van der Waals surface area contributed by atoms with Crippen LogP contribution in [0, 0.1) is 5.92 Å². The average Bonchev–Trinajstić information content (AvgIpc) is 2.46. The molecule has 0 aliphatic carbocycles. The molecule has 1 aromatic carbocycles. The van der Waals surface area contributed by atoms with Crippen LogP contribution in [0.15, 0.2) is 18.2 Å². The van der Waals surface area contributed by atoms with Crippen LogP contribution in [0.3, 0.4) is 0 Å². The van der Waals surface area contributed by atoms with Crippen molar-refractivity contribution in [2.75, 3.05) is 25.0 Å². The molecule has 19 heavy (non-hydrogen) atoms. The van der Waals surface area contributed by atoms with Gasteiger partial charge in [-0.25, -0.2) is 0 Å². The summed E-state index contributed by atoms with van der Waals surface area (Å²) in [5.41, 5.74) is 4.17.